The molecule has 1 aliphatic rings. The third kappa shape index (κ3) is 2.42. The van der Waals surface area contributed by atoms with E-state index in [0.29, 0.717) is 11.1 Å². The van der Waals surface area contributed by atoms with Crippen molar-refractivity contribution in [3.8, 4) is 0 Å². The maximum absolute atomic E-state index is 11.8. The fraction of sp³-hybridized carbons (Fsp3) is 0.364. The average Bonchev–Trinajstić information content (AvgIpc) is 2.94. The minimum Gasteiger partial charge on any atom is -0.348 e. The van der Waals surface area contributed by atoms with Crippen molar-refractivity contribution in [2.75, 3.05) is 0 Å². The Bertz CT molecular complexity index is 487. The van der Waals surface area contributed by atoms with Crippen LogP contribution in [0.5, 0.6) is 0 Å². The molecule has 0 saturated heterocycles. The lowest BCUT2D eigenvalue weighted by molar-refractivity contribution is -0.384. The third-order valence-electron chi connectivity index (χ3n) is 2.83. The van der Waals surface area contributed by atoms with Crippen molar-refractivity contribution in [2.45, 2.75) is 25.4 Å². The quantitative estimate of drug-likeness (QED) is 0.596. The molecule has 0 aromatic heterocycles. The van der Waals surface area contributed by atoms with Gasteiger partial charge in [-0.05, 0) is 18.9 Å². The second kappa shape index (κ2) is 4.14. The molecular weight excluding hydrogens is 222 g/mol. The van der Waals surface area contributed by atoms with Gasteiger partial charge in [0.25, 0.3) is 11.6 Å². The van der Waals surface area contributed by atoms with Crippen molar-refractivity contribution in [3.05, 3.63) is 39.4 Å². The fourth-order valence-corrected chi connectivity index (χ4v) is 1.59. The van der Waals surface area contributed by atoms with Gasteiger partial charge < -0.3 is 11.1 Å². The molecule has 2 rings (SSSR count). The standard InChI is InChI=1S/C11H13N3O3/c1-6-2-3-7(14(16)17)4-8(6)11(15)13-10-5-9(10)12/h2-4,9-10H,5,12H2,1H3,(H,13,15). The molecule has 2 unspecified atom stereocenters. The summed E-state index contributed by atoms with van der Waals surface area (Å²) in [5.41, 5.74) is 6.55. The van der Waals surface area contributed by atoms with E-state index >= 15 is 0 Å². The van der Waals surface area contributed by atoms with Gasteiger partial charge in [0.15, 0.2) is 0 Å². The van der Waals surface area contributed by atoms with E-state index in [0.717, 1.165) is 6.42 Å². The zero-order valence-electron chi connectivity index (χ0n) is 9.34. The van der Waals surface area contributed by atoms with Gasteiger partial charge in [-0.1, -0.05) is 6.07 Å². The van der Waals surface area contributed by atoms with Gasteiger partial charge in [0.05, 0.1) is 4.92 Å². The number of rotatable bonds is 3. The number of nitro groups is 1. The molecule has 0 aliphatic heterocycles. The number of carbonyl (C=O) groups excluding carboxylic acids is 1. The lowest BCUT2D eigenvalue weighted by atomic mass is 10.1. The summed E-state index contributed by atoms with van der Waals surface area (Å²) in [5, 5.41) is 13.4. The summed E-state index contributed by atoms with van der Waals surface area (Å²) in [4.78, 5) is 22.0. The summed E-state index contributed by atoms with van der Waals surface area (Å²) in [6.45, 7) is 1.74. The molecular formula is C11H13N3O3. The van der Waals surface area contributed by atoms with Gasteiger partial charge in [-0.25, -0.2) is 0 Å². The molecule has 3 N–H and O–H groups in total. The summed E-state index contributed by atoms with van der Waals surface area (Å²) in [5.74, 6) is -0.302. The van der Waals surface area contributed by atoms with Crippen LogP contribution in [0.1, 0.15) is 22.3 Å². The maximum Gasteiger partial charge on any atom is 0.270 e. The molecule has 2 atom stereocenters. The molecule has 1 aromatic rings. The van der Waals surface area contributed by atoms with E-state index in [4.69, 9.17) is 5.73 Å². The monoisotopic (exact) mass is 235 g/mol. The van der Waals surface area contributed by atoms with Crippen LogP contribution in [0.3, 0.4) is 0 Å². The van der Waals surface area contributed by atoms with E-state index in [9.17, 15) is 14.9 Å². The van der Waals surface area contributed by atoms with Gasteiger partial charge in [0.1, 0.15) is 0 Å². The number of nitrogens with two attached hydrogens (primary N) is 1. The van der Waals surface area contributed by atoms with Crippen LogP contribution < -0.4 is 11.1 Å². The van der Waals surface area contributed by atoms with E-state index < -0.39 is 4.92 Å². The second-order valence-corrected chi connectivity index (χ2v) is 4.24. The Labute approximate surface area is 98.0 Å². The number of hydrogen-bond donors (Lipinski definition) is 2. The first-order valence-electron chi connectivity index (χ1n) is 5.30. The lowest BCUT2D eigenvalue weighted by Crippen LogP contribution is -2.30. The molecule has 1 fully saturated rings. The summed E-state index contributed by atoms with van der Waals surface area (Å²) < 4.78 is 0. The first-order chi connectivity index (χ1) is 7.99. The highest BCUT2D eigenvalue weighted by atomic mass is 16.6. The van der Waals surface area contributed by atoms with Crippen LogP contribution in [0.2, 0.25) is 0 Å². The van der Waals surface area contributed by atoms with Crippen molar-refractivity contribution < 1.29 is 9.72 Å². The Morgan fingerprint density at radius 3 is 2.76 bits per heavy atom. The van der Waals surface area contributed by atoms with E-state index in [1.807, 2.05) is 0 Å². The Hall–Kier alpha value is -1.95. The smallest absolute Gasteiger partial charge is 0.270 e. The predicted octanol–water partition coefficient (Wildman–Crippen LogP) is 0.733. The van der Waals surface area contributed by atoms with E-state index in [-0.39, 0.29) is 23.7 Å². The molecule has 1 aromatic carbocycles. The second-order valence-electron chi connectivity index (χ2n) is 4.24. The number of hydrogen-bond acceptors (Lipinski definition) is 4. The zero-order chi connectivity index (χ0) is 12.6. The van der Waals surface area contributed by atoms with Gasteiger partial charge in [-0.3, -0.25) is 14.9 Å². The van der Waals surface area contributed by atoms with Crippen LogP contribution in [-0.2, 0) is 0 Å². The Morgan fingerprint density at radius 1 is 1.59 bits per heavy atom. The zero-order valence-corrected chi connectivity index (χ0v) is 9.34. The number of amides is 1. The predicted molar refractivity (Wildman–Crippen MR) is 61.7 cm³/mol. The minimum absolute atomic E-state index is 0.00108. The average molecular weight is 235 g/mol. The lowest BCUT2D eigenvalue weighted by Gasteiger charge is -2.06. The van der Waals surface area contributed by atoms with Crippen LogP contribution in [0, 0.1) is 17.0 Å². The van der Waals surface area contributed by atoms with Gasteiger partial charge >= 0.3 is 0 Å². The molecule has 1 aliphatic carbocycles. The topological polar surface area (TPSA) is 98.3 Å². The van der Waals surface area contributed by atoms with Gasteiger partial charge in [0, 0.05) is 29.8 Å². The summed E-state index contributed by atoms with van der Waals surface area (Å²) in [6.07, 6.45) is 0.764. The molecule has 0 heterocycles. The number of aryl methyl sites for hydroxylation is 1. The van der Waals surface area contributed by atoms with E-state index in [1.165, 1.54) is 12.1 Å². The van der Waals surface area contributed by atoms with Crippen molar-refractivity contribution in [1.29, 1.82) is 0 Å². The highest BCUT2D eigenvalue weighted by Gasteiger charge is 2.35. The Morgan fingerprint density at radius 2 is 2.24 bits per heavy atom. The molecule has 0 bridgehead atoms. The number of benzene rings is 1. The van der Waals surface area contributed by atoms with Crippen molar-refractivity contribution in [2.24, 2.45) is 5.73 Å². The number of nitro benzene ring substituents is 1. The minimum atomic E-state index is -0.515. The molecule has 90 valence electrons. The van der Waals surface area contributed by atoms with Crippen LogP contribution in [0.25, 0.3) is 0 Å². The first kappa shape index (κ1) is 11.5. The number of nitrogens with one attached hydrogen (secondary N) is 1. The Balaban J connectivity index is 2.21. The fourth-order valence-electron chi connectivity index (χ4n) is 1.59. The molecule has 17 heavy (non-hydrogen) atoms. The number of nitrogens with zero attached hydrogens (tertiary/aromatic N) is 1. The van der Waals surface area contributed by atoms with Crippen molar-refractivity contribution in [1.82, 2.24) is 5.32 Å². The van der Waals surface area contributed by atoms with Gasteiger partial charge in [0.2, 0.25) is 0 Å². The largest absolute Gasteiger partial charge is 0.348 e. The first-order valence-corrected chi connectivity index (χ1v) is 5.30. The SMILES string of the molecule is Cc1ccc([N+](=O)[O-])cc1C(=O)NC1CC1N. The van der Waals surface area contributed by atoms with Crippen LogP contribution in [0.4, 0.5) is 5.69 Å². The number of non-ortho nitro benzene ring substituents is 1. The van der Waals surface area contributed by atoms with Crippen molar-refractivity contribution in [3.63, 3.8) is 0 Å². The molecule has 0 spiro atoms. The Kier molecular flexibility index (Phi) is 2.81. The van der Waals surface area contributed by atoms with E-state index in [1.54, 1.807) is 13.0 Å². The van der Waals surface area contributed by atoms with Gasteiger partial charge in [-0.2, -0.15) is 0 Å². The molecule has 1 amide bonds. The molecule has 0 radical (unpaired) electrons. The normalized spacial score (nSPS) is 22.0. The van der Waals surface area contributed by atoms with Crippen LogP contribution in [-0.4, -0.2) is 22.9 Å². The highest BCUT2D eigenvalue weighted by molar-refractivity contribution is 5.96. The molecule has 6 heteroatoms. The molecule has 6 nitrogen and oxygen atoms in total. The summed E-state index contributed by atoms with van der Waals surface area (Å²) in [6, 6.07) is 4.26. The third-order valence-corrected chi connectivity index (χ3v) is 2.83. The maximum atomic E-state index is 11.8. The van der Waals surface area contributed by atoms with Crippen LogP contribution in [0.15, 0.2) is 18.2 Å². The number of carbonyl (C=O) groups is 1. The van der Waals surface area contributed by atoms with E-state index in [2.05, 4.69) is 5.32 Å². The van der Waals surface area contributed by atoms with Crippen molar-refractivity contribution >= 4 is 11.6 Å². The van der Waals surface area contributed by atoms with Crippen LogP contribution >= 0.6 is 0 Å². The summed E-state index contributed by atoms with van der Waals surface area (Å²) >= 11 is 0. The summed E-state index contributed by atoms with van der Waals surface area (Å²) in [7, 11) is 0. The molecule has 1 saturated carbocycles. The van der Waals surface area contributed by atoms with Gasteiger partial charge in [-0.15, -0.1) is 0 Å². The highest BCUT2D eigenvalue weighted by Crippen LogP contribution is 2.21.